The molecule has 6 rings (SSSR count). The highest BCUT2D eigenvalue weighted by Gasteiger charge is 2.50. The van der Waals surface area contributed by atoms with Gasteiger partial charge in [-0.1, -0.05) is 6.07 Å². The van der Waals surface area contributed by atoms with Gasteiger partial charge in [0.1, 0.15) is 17.0 Å². The molecule has 0 aromatic carbocycles. The third-order valence-corrected chi connectivity index (χ3v) is 7.11. The molecule has 0 radical (unpaired) electrons. The van der Waals surface area contributed by atoms with Crippen LogP contribution in [0.5, 0.6) is 0 Å². The molecule has 6 nitrogen and oxygen atoms in total. The second-order valence-corrected chi connectivity index (χ2v) is 9.21. The third kappa shape index (κ3) is 3.12. The number of aliphatic hydroxyl groups excluding tert-OH is 1. The molecule has 0 spiro atoms. The first kappa shape index (κ1) is 18.1. The van der Waals surface area contributed by atoms with E-state index in [1.807, 2.05) is 19.1 Å². The van der Waals surface area contributed by atoms with Gasteiger partial charge < -0.3 is 15.2 Å². The van der Waals surface area contributed by atoms with E-state index in [0.29, 0.717) is 29.1 Å². The highest BCUT2D eigenvalue weighted by atomic mass is 16.6. The minimum absolute atomic E-state index is 0.0730. The van der Waals surface area contributed by atoms with Gasteiger partial charge in [0.25, 0.3) is 5.91 Å². The maximum atomic E-state index is 13.0. The molecule has 150 valence electrons. The SMILES string of the molecule is CCOC(O)c1cn2c(C(=O)NCC34CC5CC(CC(C5)C3)C4)cccc2n1. The Balaban J connectivity index is 1.33. The molecule has 2 heterocycles. The normalized spacial score (nSPS) is 32.0. The zero-order chi connectivity index (χ0) is 19.3. The first-order valence-corrected chi connectivity index (χ1v) is 10.6. The van der Waals surface area contributed by atoms with Crippen molar-refractivity contribution in [2.75, 3.05) is 13.2 Å². The van der Waals surface area contributed by atoms with Gasteiger partial charge in [0.05, 0.1) is 0 Å². The van der Waals surface area contributed by atoms with Crippen LogP contribution in [-0.2, 0) is 4.74 Å². The summed E-state index contributed by atoms with van der Waals surface area (Å²) in [5, 5.41) is 13.3. The molecule has 0 saturated heterocycles. The van der Waals surface area contributed by atoms with Crippen LogP contribution in [0.1, 0.15) is 67.9 Å². The number of aromatic nitrogens is 2. The predicted octanol–water partition coefficient (Wildman–Crippen LogP) is 3.31. The Kier molecular flexibility index (Phi) is 4.43. The number of imidazole rings is 1. The van der Waals surface area contributed by atoms with Crippen molar-refractivity contribution in [3.63, 3.8) is 0 Å². The number of rotatable bonds is 6. The number of carbonyl (C=O) groups is 1. The quantitative estimate of drug-likeness (QED) is 0.751. The van der Waals surface area contributed by atoms with Gasteiger partial charge in [-0.3, -0.25) is 9.20 Å². The lowest BCUT2D eigenvalue weighted by atomic mass is 9.49. The Labute approximate surface area is 165 Å². The summed E-state index contributed by atoms with van der Waals surface area (Å²) in [6.07, 6.45) is 8.67. The fraction of sp³-hybridized carbons (Fsp3) is 0.636. The van der Waals surface area contributed by atoms with Crippen molar-refractivity contribution in [1.82, 2.24) is 14.7 Å². The Morgan fingerprint density at radius 2 is 1.96 bits per heavy atom. The first-order valence-electron chi connectivity index (χ1n) is 10.6. The summed E-state index contributed by atoms with van der Waals surface area (Å²) in [7, 11) is 0. The van der Waals surface area contributed by atoms with E-state index in [0.717, 1.165) is 24.3 Å². The van der Waals surface area contributed by atoms with Crippen LogP contribution >= 0.6 is 0 Å². The van der Waals surface area contributed by atoms with E-state index in [1.165, 1.54) is 38.5 Å². The van der Waals surface area contributed by atoms with Crippen LogP contribution < -0.4 is 5.32 Å². The molecule has 28 heavy (non-hydrogen) atoms. The molecule has 2 aromatic rings. The maximum absolute atomic E-state index is 13.0. The van der Waals surface area contributed by atoms with Crippen LogP contribution in [0.4, 0.5) is 0 Å². The maximum Gasteiger partial charge on any atom is 0.268 e. The van der Waals surface area contributed by atoms with Gasteiger partial charge in [0, 0.05) is 19.3 Å². The molecule has 1 amide bonds. The fourth-order valence-electron chi connectivity index (χ4n) is 6.44. The molecular formula is C22H29N3O3. The van der Waals surface area contributed by atoms with Crippen molar-refractivity contribution in [2.45, 2.75) is 51.7 Å². The van der Waals surface area contributed by atoms with Gasteiger partial charge in [-0.05, 0) is 80.8 Å². The largest absolute Gasteiger partial charge is 0.363 e. The Hall–Kier alpha value is -1.92. The second kappa shape index (κ2) is 6.85. The summed E-state index contributed by atoms with van der Waals surface area (Å²) in [6.45, 7) is 2.99. The van der Waals surface area contributed by atoms with E-state index >= 15 is 0 Å². The minimum Gasteiger partial charge on any atom is -0.363 e. The van der Waals surface area contributed by atoms with Crippen molar-refractivity contribution in [3.8, 4) is 0 Å². The number of nitrogens with one attached hydrogen (secondary N) is 1. The molecule has 6 heteroatoms. The third-order valence-electron chi connectivity index (χ3n) is 7.11. The Bertz CT molecular complexity index is 855. The van der Waals surface area contributed by atoms with Crippen LogP contribution in [0.25, 0.3) is 5.65 Å². The summed E-state index contributed by atoms with van der Waals surface area (Å²) in [5.74, 6) is 2.56. The average Bonchev–Trinajstić information content (AvgIpc) is 3.10. The summed E-state index contributed by atoms with van der Waals surface area (Å²) in [5.41, 5.74) is 1.91. The highest BCUT2D eigenvalue weighted by molar-refractivity contribution is 5.93. The molecule has 0 aliphatic heterocycles. The van der Waals surface area contributed by atoms with Crippen molar-refractivity contribution >= 4 is 11.6 Å². The number of aliphatic hydroxyl groups is 1. The van der Waals surface area contributed by atoms with Gasteiger partial charge >= 0.3 is 0 Å². The average molecular weight is 383 g/mol. The Morgan fingerprint density at radius 1 is 1.29 bits per heavy atom. The summed E-state index contributed by atoms with van der Waals surface area (Å²) in [4.78, 5) is 17.4. The number of amides is 1. The fourth-order valence-corrected chi connectivity index (χ4v) is 6.44. The van der Waals surface area contributed by atoms with E-state index in [2.05, 4.69) is 10.3 Å². The van der Waals surface area contributed by atoms with Gasteiger partial charge in [0.2, 0.25) is 0 Å². The number of hydrogen-bond acceptors (Lipinski definition) is 4. The molecule has 4 saturated carbocycles. The van der Waals surface area contributed by atoms with Gasteiger partial charge in [-0.2, -0.15) is 0 Å². The predicted molar refractivity (Wildman–Crippen MR) is 105 cm³/mol. The van der Waals surface area contributed by atoms with Crippen molar-refractivity contribution < 1.29 is 14.6 Å². The monoisotopic (exact) mass is 383 g/mol. The van der Waals surface area contributed by atoms with E-state index in [1.54, 1.807) is 16.7 Å². The zero-order valence-corrected chi connectivity index (χ0v) is 16.4. The van der Waals surface area contributed by atoms with Crippen LogP contribution in [0, 0.1) is 23.2 Å². The number of pyridine rings is 1. The highest BCUT2D eigenvalue weighted by Crippen LogP contribution is 2.59. The number of fused-ring (bicyclic) bond motifs is 1. The lowest BCUT2D eigenvalue weighted by Crippen LogP contribution is -2.51. The number of carbonyl (C=O) groups excluding carboxylic acids is 1. The van der Waals surface area contributed by atoms with E-state index in [9.17, 15) is 9.90 Å². The lowest BCUT2D eigenvalue weighted by molar-refractivity contribution is -0.100. The molecule has 1 unspecified atom stereocenters. The molecular weight excluding hydrogens is 354 g/mol. The Morgan fingerprint density at radius 3 is 2.61 bits per heavy atom. The second-order valence-electron chi connectivity index (χ2n) is 9.21. The molecule has 4 bridgehead atoms. The first-order chi connectivity index (χ1) is 13.5. The summed E-state index contributed by atoms with van der Waals surface area (Å²) < 4.78 is 6.96. The van der Waals surface area contributed by atoms with Gasteiger partial charge in [-0.25, -0.2) is 4.98 Å². The molecule has 2 aromatic heterocycles. The van der Waals surface area contributed by atoms with E-state index in [-0.39, 0.29) is 5.91 Å². The molecule has 2 N–H and O–H groups in total. The number of ether oxygens (including phenoxy) is 1. The summed E-state index contributed by atoms with van der Waals surface area (Å²) >= 11 is 0. The molecule has 4 aliphatic carbocycles. The van der Waals surface area contributed by atoms with Crippen LogP contribution in [0.2, 0.25) is 0 Å². The smallest absolute Gasteiger partial charge is 0.268 e. The lowest BCUT2D eigenvalue weighted by Gasteiger charge is -2.56. The van der Waals surface area contributed by atoms with Crippen LogP contribution in [0.15, 0.2) is 24.4 Å². The van der Waals surface area contributed by atoms with Gasteiger partial charge in [-0.15, -0.1) is 0 Å². The van der Waals surface area contributed by atoms with Gasteiger partial charge in [0.15, 0.2) is 6.29 Å². The van der Waals surface area contributed by atoms with Crippen molar-refractivity contribution in [2.24, 2.45) is 23.2 Å². The van der Waals surface area contributed by atoms with E-state index in [4.69, 9.17) is 4.74 Å². The molecule has 1 atom stereocenters. The molecule has 4 fully saturated rings. The topological polar surface area (TPSA) is 75.9 Å². The van der Waals surface area contributed by atoms with Crippen LogP contribution in [0.3, 0.4) is 0 Å². The minimum atomic E-state index is -1.08. The van der Waals surface area contributed by atoms with Crippen molar-refractivity contribution in [1.29, 1.82) is 0 Å². The van der Waals surface area contributed by atoms with E-state index < -0.39 is 6.29 Å². The zero-order valence-electron chi connectivity index (χ0n) is 16.4. The summed E-state index contributed by atoms with van der Waals surface area (Å²) in [6, 6.07) is 5.47. The van der Waals surface area contributed by atoms with Crippen LogP contribution in [-0.4, -0.2) is 33.6 Å². The standard InChI is InChI=1S/C22H29N3O3/c1-2-28-21(27)17-12-25-18(4-3-5-19(25)24-17)20(26)23-13-22-9-14-6-15(10-22)8-16(7-14)11-22/h3-5,12,14-16,21,27H,2,6-11,13H2,1H3,(H,23,26). The van der Waals surface area contributed by atoms with Crippen molar-refractivity contribution in [3.05, 3.63) is 35.8 Å². The number of nitrogens with zero attached hydrogens (tertiary/aromatic N) is 2. The molecule has 4 aliphatic rings. The number of hydrogen-bond donors (Lipinski definition) is 2.